The van der Waals surface area contributed by atoms with E-state index < -0.39 is 0 Å². The number of hydrogen-bond donors (Lipinski definition) is 0. The fraction of sp³-hybridized carbons (Fsp3) is 0.217. The van der Waals surface area contributed by atoms with Crippen molar-refractivity contribution in [3.63, 3.8) is 0 Å². The first-order chi connectivity index (χ1) is 13.7. The first kappa shape index (κ1) is 16.8. The van der Waals surface area contributed by atoms with Crippen LogP contribution in [0.1, 0.15) is 30.3 Å². The third kappa shape index (κ3) is 2.80. The van der Waals surface area contributed by atoms with Crippen LogP contribution in [-0.2, 0) is 0 Å². The van der Waals surface area contributed by atoms with E-state index in [1.807, 2.05) is 41.4 Å². The molecule has 5 nitrogen and oxygen atoms in total. The molecule has 0 bridgehead atoms. The van der Waals surface area contributed by atoms with E-state index in [0.717, 1.165) is 36.3 Å². The topological polar surface area (TPSA) is 42.5 Å². The lowest BCUT2D eigenvalue weighted by molar-refractivity contribution is 0.0741. The molecule has 1 aliphatic heterocycles. The second-order valence-corrected chi connectivity index (χ2v) is 7.41. The summed E-state index contributed by atoms with van der Waals surface area (Å²) < 4.78 is 3.90. The molecule has 5 rings (SSSR count). The fourth-order valence-electron chi connectivity index (χ4n) is 4.02. The standard InChI is InChI=1S/C23H22N4O/c1-17-6-5-14-25(17)23(28)21-13-15-27(24-21)22-12-11-20-10-9-19(16-26(20)22)18-7-3-2-4-8-18/h2-4,7-13,15-17H,5-6,14H2,1H3. The van der Waals surface area contributed by atoms with Crippen LogP contribution in [0.4, 0.5) is 0 Å². The molecule has 1 amide bonds. The summed E-state index contributed by atoms with van der Waals surface area (Å²) in [5.41, 5.74) is 3.90. The van der Waals surface area contributed by atoms with Crippen LogP contribution in [0, 0.1) is 0 Å². The number of carbonyl (C=O) groups is 1. The predicted octanol–water partition coefficient (Wildman–Crippen LogP) is 4.42. The Morgan fingerprint density at radius 2 is 1.82 bits per heavy atom. The number of pyridine rings is 1. The van der Waals surface area contributed by atoms with Gasteiger partial charge < -0.3 is 9.30 Å². The molecule has 0 radical (unpaired) electrons. The monoisotopic (exact) mass is 370 g/mol. The van der Waals surface area contributed by atoms with Gasteiger partial charge in [0.1, 0.15) is 5.82 Å². The van der Waals surface area contributed by atoms with Gasteiger partial charge in [-0.25, -0.2) is 4.68 Å². The summed E-state index contributed by atoms with van der Waals surface area (Å²) in [7, 11) is 0. The molecule has 0 saturated carbocycles. The van der Waals surface area contributed by atoms with Crippen LogP contribution in [0.3, 0.4) is 0 Å². The van der Waals surface area contributed by atoms with Crippen molar-refractivity contribution in [1.29, 1.82) is 0 Å². The molecule has 1 unspecified atom stereocenters. The lowest BCUT2D eigenvalue weighted by Crippen LogP contribution is -2.33. The van der Waals surface area contributed by atoms with Gasteiger partial charge in [0.2, 0.25) is 0 Å². The van der Waals surface area contributed by atoms with Gasteiger partial charge in [0.25, 0.3) is 5.91 Å². The molecule has 28 heavy (non-hydrogen) atoms. The van der Waals surface area contributed by atoms with Crippen LogP contribution < -0.4 is 0 Å². The molecule has 4 heterocycles. The van der Waals surface area contributed by atoms with Gasteiger partial charge in [-0.05, 0) is 55.2 Å². The van der Waals surface area contributed by atoms with Gasteiger partial charge >= 0.3 is 0 Å². The summed E-state index contributed by atoms with van der Waals surface area (Å²) in [4.78, 5) is 14.7. The van der Waals surface area contributed by atoms with Crippen molar-refractivity contribution in [2.75, 3.05) is 6.54 Å². The number of likely N-dealkylation sites (tertiary alicyclic amines) is 1. The lowest BCUT2D eigenvalue weighted by Gasteiger charge is -2.19. The Kier molecular flexibility index (Phi) is 4.01. The minimum atomic E-state index is 0.0228. The van der Waals surface area contributed by atoms with Crippen LogP contribution in [0.15, 0.2) is 73.1 Å². The van der Waals surface area contributed by atoms with Crippen molar-refractivity contribution >= 4 is 11.4 Å². The lowest BCUT2D eigenvalue weighted by atomic mass is 10.1. The zero-order chi connectivity index (χ0) is 19.1. The molecule has 1 fully saturated rings. The molecular weight excluding hydrogens is 348 g/mol. The Labute approximate surface area is 163 Å². The third-order valence-corrected chi connectivity index (χ3v) is 5.59. The summed E-state index contributed by atoms with van der Waals surface area (Å²) in [5.74, 6) is 0.941. The Morgan fingerprint density at radius 3 is 2.61 bits per heavy atom. The van der Waals surface area contributed by atoms with E-state index in [-0.39, 0.29) is 5.91 Å². The number of carbonyl (C=O) groups excluding carboxylic acids is 1. The van der Waals surface area contributed by atoms with Gasteiger partial charge in [-0.3, -0.25) is 4.79 Å². The van der Waals surface area contributed by atoms with Crippen molar-refractivity contribution in [3.05, 3.63) is 78.8 Å². The van der Waals surface area contributed by atoms with Crippen molar-refractivity contribution in [2.24, 2.45) is 0 Å². The molecule has 0 N–H and O–H groups in total. The first-order valence-corrected chi connectivity index (χ1v) is 9.74. The highest BCUT2D eigenvalue weighted by atomic mass is 16.2. The summed E-state index contributed by atoms with van der Waals surface area (Å²) in [6, 6.07) is 20.7. The number of benzene rings is 1. The van der Waals surface area contributed by atoms with Crippen LogP contribution >= 0.6 is 0 Å². The average Bonchev–Trinajstić information content (AvgIpc) is 3.46. The van der Waals surface area contributed by atoms with E-state index in [9.17, 15) is 4.79 Å². The molecule has 1 saturated heterocycles. The van der Waals surface area contributed by atoms with E-state index in [0.29, 0.717) is 11.7 Å². The number of amides is 1. The van der Waals surface area contributed by atoms with Crippen molar-refractivity contribution in [2.45, 2.75) is 25.8 Å². The molecule has 1 aliphatic rings. The quantitative estimate of drug-likeness (QED) is 0.536. The van der Waals surface area contributed by atoms with E-state index in [4.69, 9.17) is 0 Å². The minimum absolute atomic E-state index is 0.0228. The maximum Gasteiger partial charge on any atom is 0.274 e. The Bertz CT molecular complexity index is 1140. The maximum atomic E-state index is 12.8. The maximum absolute atomic E-state index is 12.8. The van der Waals surface area contributed by atoms with Crippen molar-refractivity contribution in [3.8, 4) is 16.9 Å². The summed E-state index contributed by atoms with van der Waals surface area (Å²) in [6.45, 7) is 2.93. The van der Waals surface area contributed by atoms with Gasteiger partial charge in [-0.15, -0.1) is 0 Å². The molecule has 5 heteroatoms. The third-order valence-electron chi connectivity index (χ3n) is 5.59. The zero-order valence-electron chi connectivity index (χ0n) is 15.8. The minimum Gasteiger partial charge on any atom is -0.335 e. The van der Waals surface area contributed by atoms with E-state index in [2.05, 4.69) is 53.0 Å². The number of hydrogen-bond acceptors (Lipinski definition) is 2. The van der Waals surface area contributed by atoms with Gasteiger partial charge in [0, 0.05) is 30.5 Å². The Morgan fingerprint density at radius 1 is 1.00 bits per heavy atom. The highest BCUT2D eigenvalue weighted by molar-refractivity contribution is 5.92. The van der Waals surface area contributed by atoms with Crippen LogP contribution in [0.5, 0.6) is 0 Å². The Hall–Kier alpha value is -3.34. The van der Waals surface area contributed by atoms with Crippen LogP contribution in [0.2, 0.25) is 0 Å². The molecule has 1 aromatic carbocycles. The number of nitrogens with zero attached hydrogens (tertiary/aromatic N) is 4. The second kappa shape index (κ2) is 6.68. The largest absolute Gasteiger partial charge is 0.335 e. The smallest absolute Gasteiger partial charge is 0.274 e. The molecule has 3 aromatic heterocycles. The molecule has 4 aromatic rings. The number of fused-ring (bicyclic) bond motifs is 1. The summed E-state index contributed by atoms with van der Waals surface area (Å²) >= 11 is 0. The van der Waals surface area contributed by atoms with Crippen molar-refractivity contribution < 1.29 is 4.79 Å². The SMILES string of the molecule is CC1CCCN1C(=O)c1ccn(-c2ccc3ccc(-c4ccccc4)cn23)n1. The summed E-state index contributed by atoms with van der Waals surface area (Å²) in [5, 5.41) is 4.59. The average molecular weight is 370 g/mol. The van der Waals surface area contributed by atoms with Crippen LogP contribution in [0.25, 0.3) is 22.5 Å². The first-order valence-electron chi connectivity index (χ1n) is 9.74. The molecule has 140 valence electrons. The highest BCUT2D eigenvalue weighted by Gasteiger charge is 2.27. The number of rotatable bonds is 3. The zero-order valence-corrected chi connectivity index (χ0v) is 15.8. The molecular formula is C23H22N4O. The van der Waals surface area contributed by atoms with E-state index in [1.165, 1.54) is 5.56 Å². The number of aromatic nitrogens is 3. The van der Waals surface area contributed by atoms with Gasteiger partial charge in [0.15, 0.2) is 5.69 Å². The van der Waals surface area contributed by atoms with Gasteiger partial charge in [-0.2, -0.15) is 5.10 Å². The predicted molar refractivity (Wildman–Crippen MR) is 110 cm³/mol. The van der Waals surface area contributed by atoms with Crippen LogP contribution in [-0.4, -0.2) is 37.6 Å². The fourth-order valence-corrected chi connectivity index (χ4v) is 4.02. The highest BCUT2D eigenvalue weighted by Crippen LogP contribution is 2.23. The molecule has 0 aliphatic carbocycles. The van der Waals surface area contributed by atoms with E-state index >= 15 is 0 Å². The molecule has 0 spiro atoms. The second-order valence-electron chi connectivity index (χ2n) is 7.41. The van der Waals surface area contributed by atoms with Gasteiger partial charge in [-0.1, -0.05) is 36.4 Å². The van der Waals surface area contributed by atoms with E-state index in [1.54, 1.807) is 4.68 Å². The molecule has 1 atom stereocenters. The van der Waals surface area contributed by atoms with Crippen molar-refractivity contribution in [1.82, 2.24) is 19.1 Å². The van der Waals surface area contributed by atoms with Gasteiger partial charge in [0.05, 0.1) is 0 Å². The Balaban J connectivity index is 1.51. The summed E-state index contributed by atoms with van der Waals surface area (Å²) in [6.07, 6.45) is 6.12. The normalized spacial score (nSPS) is 16.8.